The molecule has 0 saturated carbocycles. The van der Waals surface area contributed by atoms with Crippen molar-refractivity contribution in [2.45, 2.75) is 38.8 Å². The predicted molar refractivity (Wildman–Crippen MR) is 154 cm³/mol. The van der Waals surface area contributed by atoms with Crippen LogP contribution in [0.15, 0.2) is 91.0 Å². The molecular formula is C33H32FN3O3. The molecule has 1 atom stereocenters. The molecule has 1 aliphatic heterocycles. The van der Waals surface area contributed by atoms with Crippen LogP contribution >= 0.6 is 0 Å². The van der Waals surface area contributed by atoms with Crippen LogP contribution in [-0.2, 0) is 22.6 Å². The molecule has 0 aliphatic carbocycles. The van der Waals surface area contributed by atoms with Crippen molar-refractivity contribution in [2.24, 2.45) is 0 Å². The van der Waals surface area contributed by atoms with Crippen molar-refractivity contribution in [1.29, 1.82) is 0 Å². The fourth-order valence-electron chi connectivity index (χ4n) is 5.39. The highest BCUT2D eigenvalue weighted by Crippen LogP contribution is 2.37. The van der Waals surface area contributed by atoms with E-state index < -0.39 is 11.9 Å². The highest BCUT2D eigenvalue weighted by molar-refractivity contribution is 6.25. The summed E-state index contributed by atoms with van der Waals surface area (Å²) in [5, 5.41) is 4.79. The van der Waals surface area contributed by atoms with Gasteiger partial charge >= 0.3 is 0 Å². The summed E-state index contributed by atoms with van der Waals surface area (Å²) in [5.74, 6) is -1.05. The number of carbonyl (C=O) groups excluding carboxylic acids is 3. The summed E-state index contributed by atoms with van der Waals surface area (Å²) >= 11 is 0. The monoisotopic (exact) mass is 537 g/mol. The number of nitrogens with one attached hydrogen (secondary N) is 1. The Bertz CT molecular complexity index is 1530. The molecule has 40 heavy (non-hydrogen) atoms. The van der Waals surface area contributed by atoms with Gasteiger partial charge in [0.05, 0.1) is 5.69 Å². The fourth-order valence-corrected chi connectivity index (χ4v) is 5.39. The van der Waals surface area contributed by atoms with E-state index in [4.69, 9.17) is 0 Å². The molecule has 3 amide bonds. The van der Waals surface area contributed by atoms with E-state index in [9.17, 15) is 18.8 Å². The maximum absolute atomic E-state index is 14.7. The standard InChI is InChI=1S/C33H32FN3O3/c1-2-35-32(39)29(21-23-11-4-3-5-12-23)37(22-25-13-6-7-17-27(25)34)30(38)19-10-20-36-28-18-9-15-24-14-8-16-26(31(24)28)33(36)40/h3-9,11-18,29H,2,10,19-22H2,1H3,(H,35,39)/t29-/m0/s1. The third-order valence-corrected chi connectivity index (χ3v) is 7.34. The van der Waals surface area contributed by atoms with Gasteiger partial charge in [0.15, 0.2) is 0 Å². The van der Waals surface area contributed by atoms with Crippen LogP contribution in [-0.4, -0.2) is 41.8 Å². The van der Waals surface area contributed by atoms with Crippen LogP contribution in [0, 0.1) is 5.82 Å². The van der Waals surface area contributed by atoms with Crippen molar-refractivity contribution in [3.8, 4) is 0 Å². The fraction of sp³-hybridized carbons (Fsp3) is 0.242. The Labute approximate surface area is 233 Å². The molecule has 0 aromatic heterocycles. The zero-order valence-electron chi connectivity index (χ0n) is 22.5. The molecule has 0 spiro atoms. The van der Waals surface area contributed by atoms with E-state index in [1.54, 1.807) is 23.1 Å². The first-order valence-electron chi connectivity index (χ1n) is 13.7. The lowest BCUT2D eigenvalue weighted by Gasteiger charge is -2.32. The molecule has 4 aromatic rings. The van der Waals surface area contributed by atoms with Crippen LogP contribution in [0.1, 0.15) is 41.3 Å². The second-order valence-electron chi connectivity index (χ2n) is 9.95. The van der Waals surface area contributed by atoms with Gasteiger partial charge in [0.1, 0.15) is 11.9 Å². The second-order valence-corrected chi connectivity index (χ2v) is 9.95. The lowest BCUT2D eigenvalue weighted by atomic mass is 10.0. The molecule has 0 radical (unpaired) electrons. The third kappa shape index (κ3) is 5.59. The largest absolute Gasteiger partial charge is 0.355 e. The van der Waals surface area contributed by atoms with E-state index in [2.05, 4.69) is 5.32 Å². The summed E-state index contributed by atoms with van der Waals surface area (Å²) in [6.07, 6.45) is 0.806. The minimum Gasteiger partial charge on any atom is -0.355 e. The van der Waals surface area contributed by atoms with E-state index in [-0.39, 0.29) is 30.7 Å². The van der Waals surface area contributed by atoms with Crippen LogP contribution in [0.2, 0.25) is 0 Å². The van der Waals surface area contributed by atoms with E-state index in [0.29, 0.717) is 37.1 Å². The van der Waals surface area contributed by atoms with E-state index in [1.807, 2.05) is 73.7 Å². The van der Waals surface area contributed by atoms with Crippen LogP contribution in [0.4, 0.5) is 10.1 Å². The molecule has 1 N–H and O–H groups in total. The zero-order chi connectivity index (χ0) is 28.1. The van der Waals surface area contributed by atoms with Crippen molar-refractivity contribution in [3.05, 3.63) is 114 Å². The Morgan fingerprint density at radius 2 is 1.65 bits per heavy atom. The molecule has 204 valence electrons. The Kier molecular flexibility index (Phi) is 8.20. The van der Waals surface area contributed by atoms with E-state index >= 15 is 0 Å². The first-order valence-corrected chi connectivity index (χ1v) is 13.7. The third-order valence-electron chi connectivity index (χ3n) is 7.34. The summed E-state index contributed by atoms with van der Waals surface area (Å²) in [5.41, 5.74) is 2.76. The normalized spacial score (nSPS) is 12.9. The molecule has 0 bridgehead atoms. The summed E-state index contributed by atoms with van der Waals surface area (Å²) in [6, 6.07) is 26.5. The van der Waals surface area contributed by atoms with Gasteiger partial charge in [-0.25, -0.2) is 4.39 Å². The van der Waals surface area contributed by atoms with E-state index in [1.165, 1.54) is 11.0 Å². The van der Waals surface area contributed by atoms with Gasteiger partial charge in [0.25, 0.3) is 5.91 Å². The lowest BCUT2D eigenvalue weighted by Crippen LogP contribution is -2.50. The average molecular weight is 538 g/mol. The topological polar surface area (TPSA) is 69.7 Å². The number of carbonyl (C=O) groups is 3. The number of hydrogen-bond acceptors (Lipinski definition) is 3. The van der Waals surface area contributed by atoms with Gasteiger partial charge in [-0.05, 0) is 42.5 Å². The molecule has 1 heterocycles. The first kappa shape index (κ1) is 27.1. The molecule has 6 nitrogen and oxygen atoms in total. The summed E-state index contributed by atoms with van der Waals surface area (Å²) in [7, 11) is 0. The van der Waals surface area contributed by atoms with Crippen molar-refractivity contribution in [1.82, 2.24) is 10.2 Å². The minimum atomic E-state index is -0.819. The predicted octanol–water partition coefficient (Wildman–Crippen LogP) is 5.50. The number of amides is 3. The molecule has 7 heteroatoms. The zero-order valence-corrected chi connectivity index (χ0v) is 22.5. The number of anilines is 1. The highest BCUT2D eigenvalue weighted by Gasteiger charge is 2.32. The quantitative estimate of drug-likeness (QED) is 0.275. The smallest absolute Gasteiger partial charge is 0.258 e. The van der Waals surface area contributed by atoms with Crippen LogP contribution in [0.3, 0.4) is 0 Å². The van der Waals surface area contributed by atoms with Gasteiger partial charge in [-0.3, -0.25) is 14.4 Å². The molecule has 0 fully saturated rings. The SMILES string of the molecule is CCNC(=O)[C@H](Cc1ccccc1)N(Cc1ccccc1F)C(=O)CCCN1C(=O)c2cccc3cccc1c23. The van der Waals surface area contributed by atoms with Gasteiger partial charge in [0, 0.05) is 49.0 Å². The average Bonchev–Trinajstić information content (AvgIpc) is 3.24. The summed E-state index contributed by atoms with van der Waals surface area (Å²) in [4.78, 5) is 43.4. The Hall–Kier alpha value is -4.52. The first-order chi connectivity index (χ1) is 19.5. The van der Waals surface area contributed by atoms with Crippen LogP contribution in [0.5, 0.6) is 0 Å². The second kappa shape index (κ2) is 12.1. The number of nitrogens with zero attached hydrogens (tertiary/aromatic N) is 2. The van der Waals surface area contributed by atoms with Gasteiger partial charge < -0.3 is 15.1 Å². The van der Waals surface area contributed by atoms with Gasteiger partial charge in [-0.1, -0.05) is 72.8 Å². The lowest BCUT2D eigenvalue weighted by molar-refractivity contribution is -0.141. The molecular weight excluding hydrogens is 505 g/mol. The number of rotatable bonds is 11. The van der Waals surface area contributed by atoms with Crippen molar-refractivity contribution in [2.75, 3.05) is 18.0 Å². The molecule has 0 unspecified atom stereocenters. The van der Waals surface area contributed by atoms with Crippen LogP contribution < -0.4 is 10.2 Å². The molecule has 4 aromatic carbocycles. The van der Waals surface area contributed by atoms with E-state index in [0.717, 1.165) is 22.0 Å². The summed E-state index contributed by atoms with van der Waals surface area (Å²) in [6.45, 7) is 2.56. The van der Waals surface area contributed by atoms with Crippen molar-refractivity contribution < 1.29 is 18.8 Å². The van der Waals surface area contributed by atoms with Gasteiger partial charge in [0.2, 0.25) is 11.8 Å². The molecule has 0 saturated heterocycles. The minimum absolute atomic E-state index is 0.0342. The maximum Gasteiger partial charge on any atom is 0.258 e. The Balaban J connectivity index is 1.37. The number of likely N-dealkylation sites (N-methyl/N-ethyl adjacent to an activating group) is 1. The van der Waals surface area contributed by atoms with Crippen molar-refractivity contribution >= 4 is 34.2 Å². The Morgan fingerprint density at radius 1 is 0.925 bits per heavy atom. The van der Waals surface area contributed by atoms with Gasteiger partial charge in [-0.15, -0.1) is 0 Å². The van der Waals surface area contributed by atoms with Crippen LogP contribution in [0.25, 0.3) is 10.8 Å². The highest BCUT2D eigenvalue weighted by atomic mass is 19.1. The number of halogens is 1. The van der Waals surface area contributed by atoms with Crippen molar-refractivity contribution in [3.63, 3.8) is 0 Å². The molecule has 1 aliphatic rings. The summed E-state index contributed by atoms with van der Waals surface area (Å²) < 4.78 is 14.7. The van der Waals surface area contributed by atoms with Gasteiger partial charge in [-0.2, -0.15) is 0 Å². The maximum atomic E-state index is 14.7. The number of hydrogen-bond donors (Lipinski definition) is 1. The number of benzene rings is 4. The molecule has 5 rings (SSSR count). The Morgan fingerprint density at radius 3 is 2.40 bits per heavy atom.